The molecular formula is C17H19N5S. The van der Waals surface area contributed by atoms with E-state index in [0.717, 1.165) is 42.1 Å². The Morgan fingerprint density at radius 1 is 1.09 bits per heavy atom. The van der Waals surface area contributed by atoms with Crippen molar-refractivity contribution in [1.29, 1.82) is 0 Å². The summed E-state index contributed by atoms with van der Waals surface area (Å²) in [5, 5.41) is 1.12. The van der Waals surface area contributed by atoms with Crippen LogP contribution in [0.2, 0.25) is 0 Å². The number of piperidine rings is 1. The minimum absolute atomic E-state index is 0.441. The summed E-state index contributed by atoms with van der Waals surface area (Å²) in [7, 11) is 0. The highest BCUT2D eigenvalue weighted by Crippen LogP contribution is 2.36. The smallest absolute Gasteiger partial charge is 0.186 e. The molecule has 0 saturated carbocycles. The molecule has 3 heterocycles. The van der Waals surface area contributed by atoms with E-state index < -0.39 is 0 Å². The molecule has 1 aromatic carbocycles. The number of rotatable bonds is 2. The van der Waals surface area contributed by atoms with E-state index in [1.54, 1.807) is 17.5 Å². The fraction of sp³-hybridized carbons (Fsp3) is 0.294. The van der Waals surface area contributed by atoms with Gasteiger partial charge in [-0.05, 0) is 42.5 Å². The van der Waals surface area contributed by atoms with Gasteiger partial charge in [0, 0.05) is 19.3 Å². The molecule has 0 radical (unpaired) electrons. The highest BCUT2D eigenvalue weighted by Gasteiger charge is 2.24. The quantitative estimate of drug-likeness (QED) is 0.756. The second-order valence-electron chi connectivity index (χ2n) is 5.92. The van der Waals surface area contributed by atoms with E-state index in [1.807, 2.05) is 12.1 Å². The van der Waals surface area contributed by atoms with Crippen molar-refractivity contribution in [2.45, 2.75) is 18.8 Å². The number of benzene rings is 1. The van der Waals surface area contributed by atoms with Gasteiger partial charge < -0.3 is 16.4 Å². The largest absolute Gasteiger partial charge is 0.396 e. The van der Waals surface area contributed by atoms with E-state index in [0.29, 0.717) is 17.4 Å². The van der Waals surface area contributed by atoms with Gasteiger partial charge >= 0.3 is 0 Å². The number of para-hydroxylation sites is 1. The number of nitrogen functional groups attached to an aromatic ring is 2. The molecule has 0 spiro atoms. The van der Waals surface area contributed by atoms with Crippen LogP contribution in [0, 0.1) is 0 Å². The lowest BCUT2D eigenvalue weighted by Crippen LogP contribution is -2.33. The van der Waals surface area contributed by atoms with Crippen molar-refractivity contribution >= 4 is 38.2 Å². The maximum atomic E-state index is 6.10. The van der Waals surface area contributed by atoms with Crippen LogP contribution in [0.15, 0.2) is 36.5 Å². The van der Waals surface area contributed by atoms with Crippen molar-refractivity contribution < 1.29 is 0 Å². The third-order valence-corrected chi connectivity index (χ3v) is 5.64. The molecule has 0 unspecified atom stereocenters. The average Bonchev–Trinajstić information content (AvgIpc) is 3.02. The fourth-order valence-corrected chi connectivity index (χ4v) is 4.26. The predicted octanol–water partition coefficient (Wildman–Crippen LogP) is 3.24. The summed E-state index contributed by atoms with van der Waals surface area (Å²) < 4.78 is 1.25. The van der Waals surface area contributed by atoms with Gasteiger partial charge in [0.25, 0.3) is 0 Å². The Morgan fingerprint density at radius 3 is 2.65 bits per heavy atom. The van der Waals surface area contributed by atoms with Gasteiger partial charge in [-0.2, -0.15) is 0 Å². The van der Waals surface area contributed by atoms with Gasteiger partial charge in [0.1, 0.15) is 5.82 Å². The molecule has 6 heteroatoms. The summed E-state index contributed by atoms with van der Waals surface area (Å²) in [6.45, 7) is 1.98. The Morgan fingerprint density at radius 2 is 1.87 bits per heavy atom. The molecule has 0 atom stereocenters. The zero-order valence-electron chi connectivity index (χ0n) is 12.8. The Kier molecular flexibility index (Phi) is 3.53. The number of hydrogen-bond donors (Lipinski definition) is 2. The summed E-state index contributed by atoms with van der Waals surface area (Å²) in [4.78, 5) is 11.2. The lowest BCUT2D eigenvalue weighted by molar-refractivity contribution is 0.506. The van der Waals surface area contributed by atoms with Gasteiger partial charge in [-0.3, -0.25) is 0 Å². The second-order valence-corrected chi connectivity index (χ2v) is 6.93. The van der Waals surface area contributed by atoms with Crippen LogP contribution < -0.4 is 16.4 Å². The standard InChI is InChI=1S/C17H19N5S/c18-15-12(5-8-20-16(15)19)11-6-9-22(10-7-11)17-21-13-3-1-2-4-14(13)23-17/h1-5,8,11H,6-7,9-10,18H2,(H2,19,20). The molecular weight excluding hydrogens is 306 g/mol. The fourth-order valence-electron chi connectivity index (χ4n) is 3.24. The number of thiazole rings is 1. The molecule has 1 fully saturated rings. The number of nitrogens with two attached hydrogens (primary N) is 2. The molecule has 0 amide bonds. The first-order valence-electron chi connectivity index (χ1n) is 7.83. The molecule has 0 bridgehead atoms. The zero-order chi connectivity index (χ0) is 15.8. The topological polar surface area (TPSA) is 81.1 Å². The summed E-state index contributed by atoms with van der Waals surface area (Å²) in [5.41, 5.74) is 14.8. The molecule has 1 saturated heterocycles. The average molecular weight is 325 g/mol. The van der Waals surface area contributed by atoms with Crippen molar-refractivity contribution in [1.82, 2.24) is 9.97 Å². The molecule has 23 heavy (non-hydrogen) atoms. The number of nitrogens with zero attached hydrogens (tertiary/aromatic N) is 3. The summed E-state index contributed by atoms with van der Waals surface area (Å²) in [6.07, 6.45) is 3.87. The lowest BCUT2D eigenvalue weighted by Gasteiger charge is -2.32. The van der Waals surface area contributed by atoms with Crippen LogP contribution in [0.4, 0.5) is 16.6 Å². The van der Waals surface area contributed by atoms with Gasteiger partial charge in [0.05, 0.1) is 15.9 Å². The van der Waals surface area contributed by atoms with Crippen molar-refractivity contribution in [3.63, 3.8) is 0 Å². The van der Waals surface area contributed by atoms with Crippen LogP contribution >= 0.6 is 11.3 Å². The van der Waals surface area contributed by atoms with Crippen LogP contribution in [0.25, 0.3) is 10.2 Å². The zero-order valence-corrected chi connectivity index (χ0v) is 13.6. The summed E-state index contributed by atoms with van der Waals surface area (Å²) in [6, 6.07) is 10.3. The Labute approximate surface area is 139 Å². The van der Waals surface area contributed by atoms with Gasteiger partial charge in [-0.25, -0.2) is 9.97 Å². The third kappa shape index (κ3) is 2.59. The van der Waals surface area contributed by atoms with E-state index in [1.165, 1.54) is 4.70 Å². The Balaban J connectivity index is 1.51. The molecule has 5 nitrogen and oxygen atoms in total. The van der Waals surface area contributed by atoms with E-state index in [4.69, 9.17) is 16.5 Å². The van der Waals surface area contributed by atoms with Gasteiger partial charge in [0.15, 0.2) is 5.13 Å². The first-order valence-corrected chi connectivity index (χ1v) is 8.64. The van der Waals surface area contributed by atoms with E-state index in [2.05, 4.69) is 28.1 Å². The van der Waals surface area contributed by atoms with E-state index >= 15 is 0 Å². The van der Waals surface area contributed by atoms with Gasteiger partial charge in [-0.15, -0.1) is 0 Å². The maximum Gasteiger partial charge on any atom is 0.186 e. The van der Waals surface area contributed by atoms with E-state index in [9.17, 15) is 0 Å². The van der Waals surface area contributed by atoms with Crippen LogP contribution in [-0.4, -0.2) is 23.1 Å². The van der Waals surface area contributed by atoms with Crippen LogP contribution in [0.3, 0.4) is 0 Å². The lowest BCUT2D eigenvalue weighted by atomic mass is 9.89. The van der Waals surface area contributed by atoms with Crippen molar-refractivity contribution in [2.24, 2.45) is 0 Å². The van der Waals surface area contributed by atoms with Gasteiger partial charge in [-0.1, -0.05) is 23.5 Å². The highest BCUT2D eigenvalue weighted by atomic mass is 32.1. The molecule has 4 N–H and O–H groups in total. The number of aromatic nitrogens is 2. The minimum atomic E-state index is 0.441. The second kappa shape index (κ2) is 5.70. The summed E-state index contributed by atoms with van der Waals surface area (Å²) in [5.74, 6) is 0.891. The van der Waals surface area contributed by atoms with Crippen molar-refractivity contribution in [3.8, 4) is 0 Å². The molecule has 3 aromatic rings. The molecule has 1 aliphatic heterocycles. The Bertz CT molecular complexity index is 803. The van der Waals surface area contributed by atoms with Crippen LogP contribution in [-0.2, 0) is 0 Å². The number of hydrogen-bond acceptors (Lipinski definition) is 6. The molecule has 2 aromatic heterocycles. The molecule has 4 rings (SSSR count). The number of pyridine rings is 1. The highest BCUT2D eigenvalue weighted by molar-refractivity contribution is 7.22. The van der Waals surface area contributed by atoms with Crippen molar-refractivity contribution in [3.05, 3.63) is 42.1 Å². The number of fused-ring (bicyclic) bond motifs is 1. The molecule has 0 aliphatic carbocycles. The molecule has 118 valence electrons. The minimum Gasteiger partial charge on any atom is -0.396 e. The molecule has 1 aliphatic rings. The van der Waals surface area contributed by atoms with Gasteiger partial charge in [0.2, 0.25) is 0 Å². The van der Waals surface area contributed by atoms with Crippen LogP contribution in [0.1, 0.15) is 24.3 Å². The SMILES string of the molecule is Nc1nccc(C2CCN(c3nc4ccccc4s3)CC2)c1N. The van der Waals surface area contributed by atoms with Crippen LogP contribution in [0.5, 0.6) is 0 Å². The normalized spacial score (nSPS) is 16.1. The predicted molar refractivity (Wildman–Crippen MR) is 96.9 cm³/mol. The number of anilines is 3. The maximum absolute atomic E-state index is 6.10. The first-order chi connectivity index (χ1) is 11.2. The third-order valence-electron chi connectivity index (χ3n) is 4.54. The first kappa shape index (κ1) is 14.3. The monoisotopic (exact) mass is 325 g/mol. The van der Waals surface area contributed by atoms with Crippen molar-refractivity contribution in [2.75, 3.05) is 29.5 Å². The summed E-state index contributed by atoms with van der Waals surface area (Å²) >= 11 is 1.77. The Hall–Kier alpha value is -2.34. The van der Waals surface area contributed by atoms with E-state index in [-0.39, 0.29) is 0 Å².